The molecule has 2 amide bonds. The normalized spacial score (nSPS) is 15.8. The average molecular weight is 506 g/mol. The molecule has 1 fully saturated rings. The molecule has 3 aromatic carbocycles. The molecule has 0 aliphatic carbocycles. The van der Waals surface area contributed by atoms with Gasteiger partial charge in [0.25, 0.3) is 0 Å². The predicted molar refractivity (Wildman–Crippen MR) is 141 cm³/mol. The van der Waals surface area contributed by atoms with E-state index in [2.05, 4.69) is 22.0 Å². The Morgan fingerprint density at radius 1 is 0.865 bits per heavy atom. The summed E-state index contributed by atoms with van der Waals surface area (Å²) < 4.78 is 28.5. The lowest BCUT2D eigenvalue weighted by atomic mass is 9.99. The van der Waals surface area contributed by atoms with Gasteiger partial charge >= 0.3 is 6.03 Å². The molecule has 5 rings (SSSR count). The second kappa shape index (κ2) is 10.6. The van der Waals surface area contributed by atoms with Crippen LogP contribution in [-0.4, -0.2) is 46.2 Å². The number of urea groups is 1. The van der Waals surface area contributed by atoms with Crippen LogP contribution in [0.15, 0.2) is 54.6 Å². The van der Waals surface area contributed by atoms with E-state index in [-0.39, 0.29) is 0 Å². The summed E-state index contributed by atoms with van der Waals surface area (Å²) in [5, 5.41) is 9.05. The Balaban J connectivity index is 1.29. The van der Waals surface area contributed by atoms with E-state index in [0.29, 0.717) is 35.2 Å². The summed E-state index contributed by atoms with van der Waals surface area (Å²) in [4.78, 5) is 12.7. The number of nitrogens with one attached hydrogen (secondary N) is 3. The van der Waals surface area contributed by atoms with Crippen LogP contribution in [0.3, 0.4) is 0 Å². The van der Waals surface area contributed by atoms with Gasteiger partial charge in [0.2, 0.25) is 11.5 Å². The number of methoxy groups -OCH3 is 3. The van der Waals surface area contributed by atoms with Crippen molar-refractivity contribution in [3.05, 3.63) is 60.2 Å². The lowest BCUT2D eigenvalue weighted by molar-refractivity contribution is -0.218. The molecular formula is C28H31N3O6. The molecule has 0 bridgehead atoms. The molecule has 1 spiro atoms. The minimum absolute atomic E-state index is 0.397. The Morgan fingerprint density at radius 3 is 2.27 bits per heavy atom. The van der Waals surface area contributed by atoms with Crippen LogP contribution in [0.25, 0.3) is 11.1 Å². The fourth-order valence-electron chi connectivity index (χ4n) is 4.69. The second-order valence-electron chi connectivity index (χ2n) is 8.95. The Kier molecular flexibility index (Phi) is 7.07. The van der Waals surface area contributed by atoms with Gasteiger partial charge in [-0.15, -0.1) is 0 Å². The largest absolute Gasteiger partial charge is 0.493 e. The quantitative estimate of drug-likeness (QED) is 0.433. The van der Waals surface area contributed by atoms with Crippen LogP contribution in [0, 0.1) is 0 Å². The number of carbonyl (C=O) groups excluding carboxylic acids is 1. The summed E-state index contributed by atoms with van der Waals surface area (Å²) in [5.74, 6) is 1.71. The van der Waals surface area contributed by atoms with Crippen LogP contribution < -0.4 is 34.9 Å². The number of hydrogen-bond donors (Lipinski definition) is 3. The Labute approximate surface area is 216 Å². The summed E-state index contributed by atoms with van der Waals surface area (Å²) in [5.41, 5.74) is 4.15. The molecule has 0 saturated carbocycles. The van der Waals surface area contributed by atoms with Gasteiger partial charge in [0.05, 0.1) is 33.6 Å². The third kappa shape index (κ3) is 5.28. The molecule has 9 nitrogen and oxygen atoms in total. The number of hydrogen-bond acceptors (Lipinski definition) is 7. The number of rotatable bonds is 6. The van der Waals surface area contributed by atoms with Gasteiger partial charge < -0.3 is 39.6 Å². The topological polar surface area (TPSA) is 99.3 Å². The maximum absolute atomic E-state index is 12.7. The van der Waals surface area contributed by atoms with Crippen molar-refractivity contribution in [3.8, 4) is 34.1 Å². The second-order valence-corrected chi connectivity index (χ2v) is 8.95. The van der Waals surface area contributed by atoms with Crippen molar-refractivity contribution in [1.29, 1.82) is 0 Å². The van der Waals surface area contributed by atoms with Crippen LogP contribution in [0.5, 0.6) is 23.0 Å². The van der Waals surface area contributed by atoms with Crippen molar-refractivity contribution in [3.63, 3.8) is 0 Å². The highest BCUT2D eigenvalue weighted by Gasteiger charge is 2.38. The van der Waals surface area contributed by atoms with E-state index in [1.807, 2.05) is 36.4 Å². The number of piperidine rings is 1. The number of amides is 2. The Bertz CT molecular complexity index is 1260. The molecule has 0 atom stereocenters. The van der Waals surface area contributed by atoms with Crippen LogP contribution in [0.1, 0.15) is 18.4 Å². The first kappa shape index (κ1) is 24.7. The minimum atomic E-state index is -0.519. The fourth-order valence-corrected chi connectivity index (χ4v) is 4.69. The summed E-state index contributed by atoms with van der Waals surface area (Å²) in [6, 6.07) is 16.7. The first-order valence-electron chi connectivity index (χ1n) is 12.2. The summed E-state index contributed by atoms with van der Waals surface area (Å²) in [7, 11) is 4.58. The molecule has 194 valence electrons. The highest BCUT2D eigenvalue weighted by atomic mass is 16.7. The van der Waals surface area contributed by atoms with Gasteiger partial charge in [0.1, 0.15) is 5.75 Å². The van der Waals surface area contributed by atoms with E-state index >= 15 is 0 Å². The molecule has 2 aliphatic heterocycles. The highest BCUT2D eigenvalue weighted by molar-refractivity contribution is 6.00. The summed E-state index contributed by atoms with van der Waals surface area (Å²) in [6.07, 6.45) is 1.67. The van der Waals surface area contributed by atoms with Crippen LogP contribution in [0.2, 0.25) is 0 Å². The van der Waals surface area contributed by atoms with Gasteiger partial charge in [-0.2, -0.15) is 0 Å². The van der Waals surface area contributed by atoms with E-state index in [1.54, 1.807) is 12.1 Å². The maximum Gasteiger partial charge on any atom is 0.323 e. The van der Waals surface area contributed by atoms with Gasteiger partial charge in [-0.05, 0) is 35.4 Å². The minimum Gasteiger partial charge on any atom is -0.493 e. The molecule has 0 aromatic heterocycles. The molecule has 1 saturated heterocycles. The third-order valence-corrected chi connectivity index (χ3v) is 6.59. The van der Waals surface area contributed by atoms with E-state index in [4.69, 9.17) is 23.7 Å². The number of fused-ring (bicyclic) bond motifs is 1. The van der Waals surface area contributed by atoms with Crippen molar-refractivity contribution in [2.24, 2.45) is 0 Å². The molecular weight excluding hydrogens is 474 g/mol. The number of benzene rings is 3. The van der Waals surface area contributed by atoms with Gasteiger partial charge in [0.15, 0.2) is 11.5 Å². The first-order valence-corrected chi connectivity index (χ1v) is 12.2. The number of ether oxygens (including phenoxy) is 5. The standard InChI is InChI=1S/C28H31N3O6/c1-33-24-15-22(16-25(34-2)26(24)35-3)31-27(32)30-21-6-4-5-18(14-21)19-7-8-23-20(13-19)17-36-28(37-23)9-11-29-12-10-28/h4-8,13-16,29H,9-12,17H2,1-3H3,(H2,30,31,32). The van der Waals surface area contributed by atoms with Crippen molar-refractivity contribution in [2.45, 2.75) is 25.2 Å². The van der Waals surface area contributed by atoms with E-state index < -0.39 is 11.8 Å². The third-order valence-electron chi connectivity index (χ3n) is 6.59. The monoisotopic (exact) mass is 505 g/mol. The zero-order valence-electron chi connectivity index (χ0n) is 21.2. The van der Waals surface area contributed by atoms with Gasteiger partial charge in [-0.25, -0.2) is 4.79 Å². The average Bonchev–Trinajstić information content (AvgIpc) is 2.92. The zero-order chi connectivity index (χ0) is 25.8. The smallest absolute Gasteiger partial charge is 0.323 e. The van der Waals surface area contributed by atoms with Crippen LogP contribution >= 0.6 is 0 Å². The van der Waals surface area contributed by atoms with Gasteiger partial charge in [-0.1, -0.05) is 18.2 Å². The van der Waals surface area contributed by atoms with E-state index in [9.17, 15) is 4.79 Å². The molecule has 0 unspecified atom stereocenters. The molecule has 0 radical (unpaired) electrons. The van der Waals surface area contributed by atoms with Crippen molar-refractivity contribution in [1.82, 2.24) is 5.32 Å². The van der Waals surface area contributed by atoms with Crippen LogP contribution in [-0.2, 0) is 11.3 Å². The Hall–Kier alpha value is -3.95. The molecule has 37 heavy (non-hydrogen) atoms. The molecule has 2 heterocycles. The fraction of sp³-hybridized carbons (Fsp3) is 0.321. The van der Waals surface area contributed by atoms with E-state index in [0.717, 1.165) is 48.4 Å². The van der Waals surface area contributed by atoms with Crippen molar-refractivity contribution >= 4 is 17.4 Å². The van der Waals surface area contributed by atoms with E-state index in [1.165, 1.54) is 21.3 Å². The first-order chi connectivity index (χ1) is 18.0. The SMILES string of the molecule is COc1cc(NC(=O)Nc2cccc(-c3ccc4c(c3)COC3(CCNCC3)O4)c2)cc(OC)c1OC. The number of anilines is 2. The van der Waals surface area contributed by atoms with Crippen LogP contribution in [0.4, 0.5) is 16.2 Å². The summed E-state index contributed by atoms with van der Waals surface area (Å²) >= 11 is 0. The highest BCUT2D eigenvalue weighted by Crippen LogP contribution is 2.40. The zero-order valence-corrected chi connectivity index (χ0v) is 21.2. The van der Waals surface area contributed by atoms with Gasteiger partial charge in [0, 0.05) is 49.3 Å². The molecule has 3 aromatic rings. The lowest BCUT2D eigenvalue weighted by Gasteiger charge is -2.41. The van der Waals surface area contributed by atoms with Crippen molar-refractivity contribution < 1.29 is 28.5 Å². The molecule has 2 aliphatic rings. The maximum atomic E-state index is 12.7. The predicted octanol–water partition coefficient (Wildman–Crippen LogP) is 5.01. The van der Waals surface area contributed by atoms with Crippen molar-refractivity contribution in [2.75, 3.05) is 45.1 Å². The number of carbonyl (C=O) groups is 1. The van der Waals surface area contributed by atoms with Gasteiger partial charge in [-0.3, -0.25) is 0 Å². The molecule has 3 N–H and O–H groups in total. The molecule has 9 heteroatoms. The Morgan fingerprint density at radius 2 is 1.57 bits per heavy atom. The summed E-state index contributed by atoms with van der Waals surface area (Å²) in [6.45, 7) is 2.29. The lowest BCUT2D eigenvalue weighted by Crippen LogP contribution is -2.49.